The second-order valence-corrected chi connectivity index (χ2v) is 7.53. The van der Waals surface area contributed by atoms with Gasteiger partial charge in [0.05, 0.1) is 11.0 Å². The van der Waals surface area contributed by atoms with E-state index in [4.69, 9.17) is 30.5 Å². The Morgan fingerprint density at radius 2 is 1.63 bits per heavy atom. The van der Waals surface area contributed by atoms with Gasteiger partial charge in [0.25, 0.3) is 0 Å². The van der Waals surface area contributed by atoms with E-state index < -0.39 is 42.4 Å². The fraction of sp³-hybridized carbons (Fsp3) is 0.500. The van der Waals surface area contributed by atoms with Crippen molar-refractivity contribution in [3.05, 3.63) is 28.5 Å². The van der Waals surface area contributed by atoms with Gasteiger partial charge in [-0.3, -0.25) is 19.0 Å². The molecule has 0 unspecified atom stereocenters. The Balaban J connectivity index is 2.09. The summed E-state index contributed by atoms with van der Waals surface area (Å²) in [6.45, 7) is 7.44. The Hall–Kier alpha value is -2.65. The maximum Gasteiger partial charge on any atom is 0.303 e. The van der Waals surface area contributed by atoms with Crippen LogP contribution in [0.4, 0.5) is 0 Å². The number of carbonyl (C=O) groups is 3. The summed E-state index contributed by atoms with van der Waals surface area (Å²) in [5.74, 6) is -1.71. The van der Waals surface area contributed by atoms with Crippen LogP contribution in [-0.4, -0.2) is 52.4 Å². The first kappa shape index (κ1) is 22.0. The molecule has 1 aliphatic heterocycles. The van der Waals surface area contributed by atoms with Crippen LogP contribution in [0, 0.1) is 13.8 Å². The lowest BCUT2D eigenvalue weighted by Crippen LogP contribution is -2.40. The zero-order chi connectivity index (χ0) is 22.2. The molecule has 0 spiro atoms. The monoisotopic (exact) mass is 438 g/mol. The fourth-order valence-corrected chi connectivity index (χ4v) is 3.74. The van der Waals surface area contributed by atoms with Crippen LogP contribution in [-0.2, 0) is 33.3 Å². The van der Waals surface area contributed by atoms with Gasteiger partial charge in [0.2, 0.25) is 5.28 Å². The molecule has 10 heteroatoms. The summed E-state index contributed by atoms with van der Waals surface area (Å²) in [4.78, 5) is 39.2. The first-order valence-corrected chi connectivity index (χ1v) is 9.74. The van der Waals surface area contributed by atoms with Crippen molar-refractivity contribution in [2.45, 2.75) is 59.2 Å². The van der Waals surface area contributed by atoms with E-state index in [0.29, 0.717) is 11.0 Å². The quantitative estimate of drug-likeness (QED) is 0.518. The first-order valence-electron chi connectivity index (χ1n) is 9.36. The minimum Gasteiger partial charge on any atom is -0.463 e. The molecule has 2 aromatic rings. The van der Waals surface area contributed by atoms with Gasteiger partial charge in [-0.15, -0.1) is 0 Å². The summed E-state index contributed by atoms with van der Waals surface area (Å²) in [5.41, 5.74) is 3.36. The molecular weight excluding hydrogens is 416 g/mol. The van der Waals surface area contributed by atoms with Gasteiger partial charge in [0.1, 0.15) is 12.7 Å². The molecule has 1 aromatic heterocycles. The number of hydrogen-bond donors (Lipinski definition) is 0. The van der Waals surface area contributed by atoms with Crippen LogP contribution in [0.1, 0.15) is 38.1 Å². The molecule has 0 amide bonds. The van der Waals surface area contributed by atoms with Crippen molar-refractivity contribution in [2.75, 3.05) is 6.61 Å². The maximum atomic E-state index is 11.8. The van der Waals surface area contributed by atoms with E-state index in [9.17, 15) is 14.4 Å². The van der Waals surface area contributed by atoms with Crippen molar-refractivity contribution >= 4 is 40.5 Å². The van der Waals surface area contributed by atoms with Gasteiger partial charge in [0, 0.05) is 20.8 Å². The van der Waals surface area contributed by atoms with E-state index >= 15 is 0 Å². The molecule has 1 aliphatic rings. The standard InChI is InChI=1S/C20H23ClN2O7/c1-9-6-14-15(7-10(9)2)23(20(21)22-14)19-18(29-13(5)26)17(28-12(4)25)16(30-19)8-27-11(3)24/h6-7,16-19H,8H2,1-5H3/t16-,17-,18-,19-/m1/s1. The first-order chi connectivity index (χ1) is 14.1. The van der Waals surface area contributed by atoms with Crippen molar-refractivity contribution in [1.82, 2.24) is 9.55 Å². The highest BCUT2D eigenvalue weighted by Gasteiger charge is 2.51. The number of aryl methyl sites for hydroxylation is 2. The summed E-state index contributed by atoms with van der Waals surface area (Å²) >= 11 is 6.42. The minimum absolute atomic E-state index is 0.117. The lowest BCUT2D eigenvalue weighted by molar-refractivity contribution is -0.166. The lowest BCUT2D eigenvalue weighted by atomic mass is 10.1. The molecule has 2 heterocycles. The number of hydrogen-bond acceptors (Lipinski definition) is 8. The molecule has 0 radical (unpaired) electrons. The third-order valence-electron chi connectivity index (χ3n) is 4.86. The van der Waals surface area contributed by atoms with Gasteiger partial charge in [-0.2, -0.15) is 0 Å². The van der Waals surface area contributed by atoms with Crippen LogP contribution >= 0.6 is 11.6 Å². The molecule has 0 bridgehead atoms. The molecule has 1 fully saturated rings. The van der Waals surface area contributed by atoms with Gasteiger partial charge in [-0.25, -0.2) is 4.98 Å². The van der Waals surface area contributed by atoms with Crippen molar-refractivity contribution < 1.29 is 33.3 Å². The predicted octanol–water partition coefficient (Wildman–Crippen LogP) is 2.63. The number of rotatable bonds is 5. The molecule has 1 aromatic carbocycles. The molecule has 4 atom stereocenters. The van der Waals surface area contributed by atoms with Crippen LogP contribution in [0.15, 0.2) is 12.1 Å². The van der Waals surface area contributed by atoms with Crippen molar-refractivity contribution in [3.8, 4) is 0 Å². The summed E-state index contributed by atoms with van der Waals surface area (Å²) in [6.07, 6.45) is -3.84. The predicted molar refractivity (Wildman–Crippen MR) is 106 cm³/mol. The summed E-state index contributed by atoms with van der Waals surface area (Å²) in [7, 11) is 0. The highest BCUT2D eigenvalue weighted by molar-refractivity contribution is 6.29. The number of nitrogens with zero attached hydrogens (tertiary/aromatic N) is 2. The minimum atomic E-state index is -1.02. The SMILES string of the molecule is CC(=O)OC[C@H]1O[C@@H](n2c(Cl)nc3cc(C)c(C)cc32)[C@H](OC(C)=O)[C@@H]1OC(C)=O. The normalized spacial score (nSPS) is 23.4. The molecule has 0 saturated carbocycles. The Morgan fingerprint density at radius 3 is 2.23 bits per heavy atom. The fourth-order valence-electron chi connectivity index (χ4n) is 3.46. The number of imidazole rings is 1. The van der Waals surface area contributed by atoms with Gasteiger partial charge in [-0.1, -0.05) is 0 Å². The van der Waals surface area contributed by atoms with Crippen LogP contribution in [0.25, 0.3) is 11.0 Å². The van der Waals surface area contributed by atoms with E-state index in [1.54, 1.807) is 4.57 Å². The maximum absolute atomic E-state index is 11.8. The number of fused-ring (bicyclic) bond motifs is 1. The zero-order valence-corrected chi connectivity index (χ0v) is 18.1. The summed E-state index contributed by atoms with van der Waals surface area (Å²) in [5, 5.41) is 0.117. The Labute approximate surface area is 178 Å². The Kier molecular flexibility index (Phi) is 6.33. The van der Waals surface area contributed by atoms with Crippen LogP contribution in [0.5, 0.6) is 0 Å². The Bertz CT molecular complexity index is 1000. The van der Waals surface area contributed by atoms with Crippen molar-refractivity contribution in [2.24, 2.45) is 0 Å². The number of ether oxygens (including phenoxy) is 4. The average Bonchev–Trinajstić information content (AvgIpc) is 3.10. The summed E-state index contributed by atoms with van der Waals surface area (Å²) < 4.78 is 23.5. The number of carbonyl (C=O) groups excluding carboxylic acids is 3. The number of esters is 3. The average molecular weight is 439 g/mol. The molecule has 0 aliphatic carbocycles. The van der Waals surface area contributed by atoms with E-state index in [0.717, 1.165) is 11.1 Å². The zero-order valence-electron chi connectivity index (χ0n) is 17.3. The molecule has 162 valence electrons. The van der Waals surface area contributed by atoms with Crippen LogP contribution in [0.2, 0.25) is 5.28 Å². The van der Waals surface area contributed by atoms with E-state index in [2.05, 4.69) is 4.98 Å². The highest BCUT2D eigenvalue weighted by Crippen LogP contribution is 2.38. The number of halogens is 1. The topological polar surface area (TPSA) is 106 Å². The van der Waals surface area contributed by atoms with Crippen molar-refractivity contribution in [3.63, 3.8) is 0 Å². The largest absolute Gasteiger partial charge is 0.463 e. The second kappa shape index (κ2) is 8.61. The van der Waals surface area contributed by atoms with E-state index in [1.807, 2.05) is 26.0 Å². The lowest BCUT2D eigenvalue weighted by Gasteiger charge is -2.24. The number of aromatic nitrogens is 2. The molecule has 30 heavy (non-hydrogen) atoms. The third kappa shape index (κ3) is 4.41. The summed E-state index contributed by atoms with van der Waals surface area (Å²) in [6, 6.07) is 3.79. The van der Waals surface area contributed by atoms with Crippen LogP contribution < -0.4 is 0 Å². The highest BCUT2D eigenvalue weighted by atomic mass is 35.5. The molecule has 9 nitrogen and oxygen atoms in total. The molecule has 1 saturated heterocycles. The number of benzene rings is 1. The molecular formula is C20H23ClN2O7. The van der Waals surface area contributed by atoms with Gasteiger partial charge in [0.15, 0.2) is 18.4 Å². The van der Waals surface area contributed by atoms with Gasteiger partial charge >= 0.3 is 17.9 Å². The van der Waals surface area contributed by atoms with Crippen LogP contribution in [0.3, 0.4) is 0 Å². The van der Waals surface area contributed by atoms with E-state index in [-0.39, 0.29) is 11.9 Å². The third-order valence-corrected chi connectivity index (χ3v) is 5.12. The van der Waals surface area contributed by atoms with Crippen molar-refractivity contribution in [1.29, 1.82) is 0 Å². The smallest absolute Gasteiger partial charge is 0.303 e. The molecule has 0 N–H and O–H groups in total. The Morgan fingerprint density at radius 1 is 1.03 bits per heavy atom. The van der Waals surface area contributed by atoms with Gasteiger partial charge < -0.3 is 18.9 Å². The second-order valence-electron chi connectivity index (χ2n) is 7.19. The van der Waals surface area contributed by atoms with Gasteiger partial charge in [-0.05, 0) is 48.7 Å². The van der Waals surface area contributed by atoms with E-state index in [1.165, 1.54) is 20.8 Å². The molecule has 3 rings (SSSR count).